The number of nitrogens with zero attached hydrogens (tertiary/aromatic N) is 4. The number of benzene rings is 1. The van der Waals surface area contributed by atoms with E-state index in [9.17, 15) is 0 Å². The molecule has 3 atom stereocenters. The van der Waals surface area contributed by atoms with Crippen LogP contribution in [-0.2, 0) is 0 Å². The van der Waals surface area contributed by atoms with Gasteiger partial charge in [-0.1, -0.05) is 30.8 Å². The molecule has 0 radical (unpaired) electrons. The van der Waals surface area contributed by atoms with Gasteiger partial charge in [-0.05, 0) is 36.4 Å². The van der Waals surface area contributed by atoms with E-state index in [1.165, 1.54) is 5.69 Å². The monoisotopic (exact) mass is 390 g/mol. The van der Waals surface area contributed by atoms with Crippen molar-refractivity contribution < 1.29 is 4.74 Å². The quantitative estimate of drug-likeness (QED) is 0.659. The maximum Gasteiger partial charge on any atom is 0.160 e. The van der Waals surface area contributed by atoms with Gasteiger partial charge in [0.25, 0.3) is 0 Å². The molecule has 5 nitrogen and oxygen atoms in total. The number of hydrogen-bond acceptors (Lipinski definition) is 5. The number of rotatable bonds is 4. The molecule has 1 saturated heterocycles. The van der Waals surface area contributed by atoms with Crippen molar-refractivity contribution in [2.75, 3.05) is 13.7 Å². The molecule has 4 heterocycles. The molecule has 0 unspecified atom stereocenters. The summed E-state index contributed by atoms with van der Waals surface area (Å²) in [4.78, 5) is 12.2. The molecule has 0 amide bonds. The summed E-state index contributed by atoms with van der Waals surface area (Å²) in [5.74, 6) is 0.854. The number of fused-ring (bicyclic) bond motifs is 1. The van der Waals surface area contributed by atoms with Crippen LogP contribution in [0.25, 0.3) is 5.69 Å². The van der Waals surface area contributed by atoms with Crippen LogP contribution in [0.15, 0.2) is 72.0 Å². The van der Waals surface area contributed by atoms with Crippen molar-refractivity contribution in [1.82, 2.24) is 14.5 Å². The summed E-state index contributed by atoms with van der Waals surface area (Å²) in [6.45, 7) is 3.26. The molecule has 6 heteroatoms. The first-order valence-corrected chi connectivity index (χ1v) is 10.4. The van der Waals surface area contributed by atoms with Crippen LogP contribution in [0, 0.1) is 0 Å². The summed E-state index contributed by atoms with van der Waals surface area (Å²) in [5, 5.41) is 1.68. The number of aliphatic imine (C=N–C) groups is 1. The highest BCUT2D eigenvalue weighted by atomic mass is 32.2. The second-order valence-electron chi connectivity index (χ2n) is 7.14. The maximum atomic E-state index is 5.43. The van der Waals surface area contributed by atoms with E-state index in [4.69, 9.17) is 9.73 Å². The minimum absolute atomic E-state index is 0.00421. The molecule has 5 rings (SSSR count). The maximum absolute atomic E-state index is 5.43. The van der Waals surface area contributed by atoms with Gasteiger partial charge in [0.2, 0.25) is 0 Å². The van der Waals surface area contributed by atoms with E-state index in [-0.39, 0.29) is 12.1 Å². The minimum Gasteiger partial charge on any atom is -0.497 e. The van der Waals surface area contributed by atoms with Crippen LogP contribution in [0.1, 0.15) is 30.4 Å². The zero-order valence-corrected chi connectivity index (χ0v) is 16.7. The zero-order valence-electron chi connectivity index (χ0n) is 15.9. The third kappa shape index (κ3) is 2.88. The number of amidine groups is 1. The Hall–Kier alpha value is -2.73. The van der Waals surface area contributed by atoms with Crippen molar-refractivity contribution >= 4 is 16.9 Å². The van der Waals surface area contributed by atoms with Crippen LogP contribution in [0.3, 0.4) is 0 Å². The summed E-state index contributed by atoms with van der Waals surface area (Å²) in [5.41, 5.74) is 3.32. The summed E-state index contributed by atoms with van der Waals surface area (Å²) >= 11 is 1.86. The van der Waals surface area contributed by atoms with Gasteiger partial charge in [-0.3, -0.25) is 9.98 Å². The van der Waals surface area contributed by atoms with Gasteiger partial charge in [-0.15, -0.1) is 0 Å². The molecule has 0 aliphatic carbocycles. The van der Waals surface area contributed by atoms with Crippen LogP contribution >= 0.6 is 11.8 Å². The molecule has 28 heavy (non-hydrogen) atoms. The van der Waals surface area contributed by atoms with Crippen molar-refractivity contribution in [2.24, 2.45) is 4.99 Å². The molecule has 0 saturated carbocycles. The highest BCUT2D eigenvalue weighted by molar-refractivity contribution is 8.14. The predicted octanol–water partition coefficient (Wildman–Crippen LogP) is 4.47. The molecular formula is C22H22N4OS. The van der Waals surface area contributed by atoms with Gasteiger partial charge in [-0.25, -0.2) is 0 Å². The van der Waals surface area contributed by atoms with Crippen LogP contribution < -0.4 is 4.74 Å². The minimum atomic E-state index is -0.00421. The number of methoxy groups -OCH3 is 1. The first kappa shape index (κ1) is 17.4. The molecule has 2 aliphatic heterocycles. The lowest BCUT2D eigenvalue weighted by molar-refractivity contribution is 0.312. The summed E-state index contributed by atoms with van der Waals surface area (Å²) < 4.78 is 7.68. The van der Waals surface area contributed by atoms with E-state index in [2.05, 4.69) is 57.9 Å². The molecule has 2 aromatic heterocycles. The van der Waals surface area contributed by atoms with E-state index >= 15 is 0 Å². The normalized spacial score (nSPS) is 23.6. The average molecular weight is 391 g/mol. The highest BCUT2D eigenvalue weighted by Crippen LogP contribution is 2.47. The van der Waals surface area contributed by atoms with Crippen LogP contribution in [0.4, 0.5) is 0 Å². The van der Waals surface area contributed by atoms with Gasteiger partial charge in [0.1, 0.15) is 11.8 Å². The third-order valence-corrected chi connectivity index (χ3v) is 6.40. The molecule has 0 N–H and O–H groups in total. The lowest BCUT2D eigenvalue weighted by Crippen LogP contribution is -2.30. The van der Waals surface area contributed by atoms with Gasteiger partial charge in [0, 0.05) is 41.6 Å². The molecule has 0 bridgehead atoms. The van der Waals surface area contributed by atoms with Crippen molar-refractivity contribution in [3.05, 3.63) is 78.4 Å². The Morgan fingerprint density at radius 1 is 1.11 bits per heavy atom. The predicted molar refractivity (Wildman–Crippen MR) is 113 cm³/mol. The first-order chi connectivity index (χ1) is 13.7. The Balaban J connectivity index is 1.60. The SMILES string of the molecule is COc1cccc(-n2cccc2[C@H]2[C@H](c3ccccn3)N=C3S[C@@H](C)CN32)c1. The smallest absolute Gasteiger partial charge is 0.160 e. The summed E-state index contributed by atoms with van der Waals surface area (Å²) in [7, 11) is 1.70. The van der Waals surface area contributed by atoms with Crippen LogP contribution in [0.2, 0.25) is 0 Å². The van der Waals surface area contributed by atoms with Crippen molar-refractivity contribution in [3.63, 3.8) is 0 Å². The Labute approximate surface area is 169 Å². The standard InChI is InChI=1S/C22H22N4OS/c1-15-14-26-21(20(24-22(26)28-15)18-9-3-4-11-23-18)19-10-6-12-25(19)16-7-5-8-17(13-16)27-2/h3-13,15,20-21H,14H2,1-2H3/t15-,20-,21-/m0/s1. The van der Waals surface area contributed by atoms with Crippen LogP contribution in [0.5, 0.6) is 5.75 Å². The molecule has 0 spiro atoms. The number of pyridine rings is 1. The summed E-state index contributed by atoms with van der Waals surface area (Å²) in [6, 6.07) is 18.7. The fourth-order valence-corrected chi connectivity index (χ4v) is 5.16. The second-order valence-corrected chi connectivity index (χ2v) is 8.55. The van der Waals surface area contributed by atoms with Crippen molar-refractivity contribution in [3.8, 4) is 11.4 Å². The molecule has 2 aliphatic rings. The van der Waals surface area contributed by atoms with Gasteiger partial charge >= 0.3 is 0 Å². The fraction of sp³-hybridized carbons (Fsp3) is 0.273. The van der Waals surface area contributed by atoms with Crippen molar-refractivity contribution in [1.29, 1.82) is 0 Å². The number of ether oxygens (including phenoxy) is 1. The number of thioether (sulfide) groups is 1. The molecule has 3 aromatic rings. The average Bonchev–Trinajstić information content (AvgIpc) is 3.42. The van der Waals surface area contributed by atoms with Gasteiger partial charge in [-0.2, -0.15) is 0 Å². The molecule has 1 aromatic carbocycles. The lowest BCUT2D eigenvalue weighted by atomic mass is 10.0. The Kier molecular flexibility index (Phi) is 4.36. The van der Waals surface area contributed by atoms with Gasteiger partial charge in [0.05, 0.1) is 18.8 Å². The molecule has 1 fully saturated rings. The van der Waals surface area contributed by atoms with Gasteiger partial charge in [0.15, 0.2) is 5.17 Å². The van der Waals surface area contributed by atoms with E-state index in [0.717, 1.165) is 28.8 Å². The number of hydrogen-bond donors (Lipinski definition) is 0. The van der Waals surface area contributed by atoms with E-state index < -0.39 is 0 Å². The van der Waals surface area contributed by atoms with E-state index in [1.54, 1.807) is 7.11 Å². The molecular weight excluding hydrogens is 368 g/mol. The topological polar surface area (TPSA) is 42.6 Å². The van der Waals surface area contributed by atoms with Crippen molar-refractivity contribution in [2.45, 2.75) is 24.3 Å². The van der Waals surface area contributed by atoms with Crippen LogP contribution in [-0.4, -0.2) is 38.5 Å². The fourth-order valence-electron chi connectivity index (χ4n) is 4.07. The first-order valence-electron chi connectivity index (χ1n) is 9.48. The Bertz CT molecular complexity index is 1020. The van der Waals surface area contributed by atoms with E-state index in [0.29, 0.717) is 5.25 Å². The third-order valence-electron chi connectivity index (χ3n) is 5.30. The van der Waals surface area contributed by atoms with E-state index in [1.807, 2.05) is 42.2 Å². The zero-order chi connectivity index (χ0) is 19.1. The van der Waals surface area contributed by atoms with Gasteiger partial charge < -0.3 is 14.2 Å². The molecule has 142 valence electrons. The Morgan fingerprint density at radius 2 is 2.04 bits per heavy atom. The largest absolute Gasteiger partial charge is 0.497 e. The summed E-state index contributed by atoms with van der Waals surface area (Å²) in [6.07, 6.45) is 3.97. The highest BCUT2D eigenvalue weighted by Gasteiger charge is 2.44. The number of aromatic nitrogens is 2. The second kappa shape index (κ2) is 7.02. The Morgan fingerprint density at radius 3 is 2.86 bits per heavy atom. The lowest BCUT2D eigenvalue weighted by Gasteiger charge is -2.28.